The van der Waals surface area contributed by atoms with Gasteiger partial charge in [-0.2, -0.15) is 0 Å². The van der Waals surface area contributed by atoms with Gasteiger partial charge in [-0.25, -0.2) is 9.59 Å². The van der Waals surface area contributed by atoms with E-state index in [1.54, 1.807) is 6.92 Å². The zero-order chi connectivity index (χ0) is 17.5. The van der Waals surface area contributed by atoms with Crippen molar-refractivity contribution in [3.05, 3.63) is 0 Å². The molecule has 0 spiro atoms. The summed E-state index contributed by atoms with van der Waals surface area (Å²) in [5.41, 5.74) is -1.66. The van der Waals surface area contributed by atoms with Gasteiger partial charge >= 0.3 is 11.9 Å². The number of ether oxygens (including phenoxy) is 3. The van der Waals surface area contributed by atoms with Crippen LogP contribution in [0.3, 0.4) is 0 Å². The van der Waals surface area contributed by atoms with Crippen molar-refractivity contribution >= 4 is 11.9 Å². The maximum absolute atomic E-state index is 12.5. The average Bonchev–Trinajstić information content (AvgIpc) is 3.12. The Bertz CT molecular complexity index is 507. The maximum atomic E-state index is 12.5. The van der Waals surface area contributed by atoms with E-state index in [-0.39, 0.29) is 31.1 Å². The molecule has 0 aliphatic carbocycles. The lowest BCUT2D eigenvalue weighted by Gasteiger charge is -2.33. The number of hydrogen-bond acceptors (Lipinski definition) is 7. The van der Waals surface area contributed by atoms with E-state index in [1.165, 1.54) is 14.0 Å². The molecular formula is C17H27NO6. The number of carbonyl (C=O) groups is 2. The number of carbonyl (C=O) groups excluding carboxylic acids is 2. The van der Waals surface area contributed by atoms with E-state index in [4.69, 9.17) is 14.2 Å². The molecule has 0 aromatic heterocycles. The number of esters is 2. The quantitative estimate of drug-likeness (QED) is 0.689. The zero-order valence-corrected chi connectivity index (χ0v) is 14.6. The van der Waals surface area contributed by atoms with E-state index in [0.717, 1.165) is 25.9 Å². The van der Waals surface area contributed by atoms with E-state index < -0.39 is 29.6 Å². The summed E-state index contributed by atoms with van der Waals surface area (Å²) in [6, 6.07) is 0.0843. The molecule has 7 heteroatoms. The summed E-state index contributed by atoms with van der Waals surface area (Å²) in [6.07, 6.45) is 0.911. The van der Waals surface area contributed by atoms with Crippen molar-refractivity contribution in [3.63, 3.8) is 0 Å². The molecule has 0 bridgehead atoms. The van der Waals surface area contributed by atoms with Crippen LogP contribution in [-0.2, 0) is 23.8 Å². The minimum absolute atomic E-state index is 0.0843. The van der Waals surface area contributed by atoms with Crippen molar-refractivity contribution in [1.82, 2.24) is 4.90 Å². The van der Waals surface area contributed by atoms with Gasteiger partial charge in [0.15, 0.2) is 11.7 Å². The van der Waals surface area contributed by atoms with E-state index in [2.05, 4.69) is 4.90 Å². The monoisotopic (exact) mass is 341 g/mol. The molecule has 3 heterocycles. The summed E-state index contributed by atoms with van der Waals surface area (Å²) < 4.78 is 16.5. The lowest BCUT2D eigenvalue weighted by molar-refractivity contribution is -0.178. The predicted octanol–water partition coefficient (Wildman–Crippen LogP) is 0.341. The van der Waals surface area contributed by atoms with Crippen LogP contribution in [0.1, 0.15) is 33.1 Å². The Morgan fingerprint density at radius 1 is 1.29 bits per heavy atom. The molecule has 0 amide bonds. The molecule has 3 aliphatic heterocycles. The Kier molecular flexibility index (Phi) is 4.86. The summed E-state index contributed by atoms with van der Waals surface area (Å²) in [5, 5.41) is 10.6. The van der Waals surface area contributed by atoms with Crippen molar-refractivity contribution in [3.8, 4) is 0 Å². The summed E-state index contributed by atoms with van der Waals surface area (Å²) in [5.74, 6) is -1.42. The van der Waals surface area contributed by atoms with Crippen LogP contribution in [0.5, 0.6) is 0 Å². The predicted molar refractivity (Wildman–Crippen MR) is 84.1 cm³/mol. The van der Waals surface area contributed by atoms with Crippen molar-refractivity contribution in [2.24, 2.45) is 11.8 Å². The first-order valence-electron chi connectivity index (χ1n) is 8.71. The van der Waals surface area contributed by atoms with Crippen LogP contribution in [0.25, 0.3) is 0 Å². The number of hydrogen-bond donors (Lipinski definition) is 1. The average molecular weight is 341 g/mol. The van der Waals surface area contributed by atoms with E-state index in [0.29, 0.717) is 0 Å². The van der Waals surface area contributed by atoms with Crippen LogP contribution < -0.4 is 0 Å². The number of cyclic esters (lactones) is 1. The van der Waals surface area contributed by atoms with Crippen LogP contribution in [0.2, 0.25) is 0 Å². The lowest BCUT2D eigenvalue weighted by Crippen LogP contribution is -2.48. The SMILES string of the molecule is COC1CC(C)C(C)(O)C(=O)OCC2CCN3CCC(OC1=O)C23. The van der Waals surface area contributed by atoms with Crippen LogP contribution in [0.15, 0.2) is 0 Å². The Morgan fingerprint density at radius 2 is 2.00 bits per heavy atom. The molecule has 3 rings (SSSR count). The second kappa shape index (κ2) is 6.61. The molecule has 1 N–H and O–H groups in total. The molecule has 24 heavy (non-hydrogen) atoms. The van der Waals surface area contributed by atoms with Crippen LogP contribution in [0, 0.1) is 11.8 Å². The molecule has 6 unspecified atom stereocenters. The molecule has 0 aromatic rings. The van der Waals surface area contributed by atoms with Crippen LogP contribution in [-0.4, -0.2) is 72.6 Å². The minimum atomic E-state index is -1.66. The van der Waals surface area contributed by atoms with Crippen molar-refractivity contribution in [2.45, 2.75) is 57.0 Å². The largest absolute Gasteiger partial charge is 0.463 e. The Morgan fingerprint density at radius 3 is 2.71 bits per heavy atom. The molecule has 0 aromatic carbocycles. The highest BCUT2D eigenvalue weighted by atomic mass is 16.6. The topological polar surface area (TPSA) is 85.3 Å². The molecule has 3 fully saturated rings. The van der Waals surface area contributed by atoms with Crippen molar-refractivity contribution < 1.29 is 28.9 Å². The lowest BCUT2D eigenvalue weighted by atomic mass is 9.86. The fourth-order valence-corrected chi connectivity index (χ4v) is 4.12. The normalized spacial score (nSPS) is 44.2. The van der Waals surface area contributed by atoms with Gasteiger partial charge in [-0.3, -0.25) is 4.90 Å². The molecule has 0 radical (unpaired) electrons. The highest BCUT2D eigenvalue weighted by molar-refractivity contribution is 5.80. The van der Waals surface area contributed by atoms with Gasteiger partial charge in [-0.1, -0.05) is 6.92 Å². The highest BCUT2D eigenvalue weighted by Gasteiger charge is 2.48. The summed E-state index contributed by atoms with van der Waals surface area (Å²) in [6.45, 7) is 5.20. The van der Waals surface area contributed by atoms with E-state index in [1.807, 2.05) is 0 Å². The fraction of sp³-hybridized carbons (Fsp3) is 0.882. The highest BCUT2D eigenvalue weighted by Crippen LogP contribution is 2.36. The summed E-state index contributed by atoms with van der Waals surface area (Å²) in [7, 11) is 1.44. The molecule has 7 nitrogen and oxygen atoms in total. The Labute approximate surface area is 142 Å². The molecule has 3 saturated heterocycles. The van der Waals surface area contributed by atoms with E-state index in [9.17, 15) is 14.7 Å². The first-order valence-corrected chi connectivity index (χ1v) is 8.71. The smallest absolute Gasteiger partial charge is 0.338 e. The van der Waals surface area contributed by atoms with Gasteiger partial charge in [0.1, 0.15) is 6.10 Å². The van der Waals surface area contributed by atoms with Gasteiger partial charge in [-0.15, -0.1) is 0 Å². The summed E-state index contributed by atoms with van der Waals surface area (Å²) in [4.78, 5) is 27.2. The Hall–Kier alpha value is -1.18. The number of methoxy groups -OCH3 is 1. The number of nitrogens with zero attached hydrogens (tertiary/aromatic N) is 1. The fourth-order valence-electron chi connectivity index (χ4n) is 4.12. The van der Waals surface area contributed by atoms with Gasteiger partial charge in [0.05, 0.1) is 12.6 Å². The first-order chi connectivity index (χ1) is 11.3. The van der Waals surface area contributed by atoms with Gasteiger partial charge in [0.25, 0.3) is 0 Å². The molecule has 3 aliphatic rings. The van der Waals surface area contributed by atoms with Crippen LogP contribution in [0.4, 0.5) is 0 Å². The minimum Gasteiger partial charge on any atom is -0.463 e. The molecule has 136 valence electrons. The van der Waals surface area contributed by atoms with E-state index >= 15 is 0 Å². The number of aliphatic hydroxyl groups is 1. The maximum Gasteiger partial charge on any atom is 0.338 e. The van der Waals surface area contributed by atoms with Crippen molar-refractivity contribution in [2.75, 3.05) is 26.8 Å². The third-order valence-electron chi connectivity index (χ3n) is 5.96. The third kappa shape index (κ3) is 3.05. The molecule has 6 atom stereocenters. The molecular weight excluding hydrogens is 314 g/mol. The second-order valence-electron chi connectivity index (χ2n) is 7.45. The third-order valence-corrected chi connectivity index (χ3v) is 5.96. The number of rotatable bonds is 1. The van der Waals surface area contributed by atoms with Gasteiger partial charge in [0, 0.05) is 19.6 Å². The van der Waals surface area contributed by atoms with Crippen LogP contribution >= 0.6 is 0 Å². The Balaban J connectivity index is 1.85. The first kappa shape index (κ1) is 17.6. The molecule has 0 saturated carbocycles. The van der Waals surface area contributed by atoms with Gasteiger partial charge in [0.2, 0.25) is 0 Å². The van der Waals surface area contributed by atoms with Gasteiger partial charge in [-0.05, 0) is 38.6 Å². The summed E-state index contributed by atoms with van der Waals surface area (Å²) >= 11 is 0. The zero-order valence-electron chi connectivity index (χ0n) is 14.6. The second-order valence-corrected chi connectivity index (χ2v) is 7.45. The standard InChI is InChI=1S/C17H27NO6/c1-10-8-13(22-3)15(19)24-12-5-7-18-6-4-11(14(12)18)9-23-16(20)17(10,2)21/h10-14,21H,4-9H2,1-3H3. The van der Waals surface area contributed by atoms with Crippen molar-refractivity contribution in [1.29, 1.82) is 0 Å². The van der Waals surface area contributed by atoms with Gasteiger partial charge < -0.3 is 19.3 Å².